The molecule has 35 heavy (non-hydrogen) atoms. The van der Waals surface area contributed by atoms with Gasteiger partial charge in [0.05, 0.1) is 17.6 Å². The number of halogens is 3. The summed E-state index contributed by atoms with van der Waals surface area (Å²) in [5.41, 5.74) is -1.02. The third-order valence-electron chi connectivity index (χ3n) is 7.33. The zero-order valence-electron chi connectivity index (χ0n) is 18.3. The van der Waals surface area contributed by atoms with Crippen molar-refractivity contribution in [3.05, 3.63) is 107 Å². The molecule has 0 N–H and O–H groups in total. The molecule has 0 bridgehead atoms. The standard InChI is InChI=1S/C27H19F3N2O3/c28-27(29,30)18-12-10-17(11-13-18)23-26(24(34)19-8-4-5-9-20(19)25(26)35)22(16-6-2-1-3-7-16)31-15-14-21(33)32(23)31/h1-13,22-23H,14-15H2/t22-,23+/m0/s1. The maximum atomic E-state index is 14.2. The molecule has 2 heterocycles. The summed E-state index contributed by atoms with van der Waals surface area (Å²) in [5.74, 6) is -1.11. The van der Waals surface area contributed by atoms with Crippen LogP contribution in [0.3, 0.4) is 0 Å². The van der Waals surface area contributed by atoms with Gasteiger partial charge in [0.15, 0.2) is 11.6 Å². The molecule has 176 valence electrons. The van der Waals surface area contributed by atoms with E-state index in [0.29, 0.717) is 17.7 Å². The molecule has 6 rings (SSSR count). The van der Waals surface area contributed by atoms with Crippen LogP contribution in [0.5, 0.6) is 0 Å². The van der Waals surface area contributed by atoms with E-state index in [0.717, 1.165) is 12.1 Å². The number of hydrazine groups is 1. The van der Waals surface area contributed by atoms with Gasteiger partial charge in [-0.25, -0.2) is 5.01 Å². The topological polar surface area (TPSA) is 57.7 Å². The SMILES string of the molecule is O=C1CCN2[C@@H](c3ccccc3)C3(C(=O)c4ccccc4C3=O)[C@@H](c3ccc(C(F)(F)F)cc3)N12. The van der Waals surface area contributed by atoms with Crippen molar-refractivity contribution in [2.24, 2.45) is 5.41 Å². The Morgan fingerprint density at radius 3 is 1.83 bits per heavy atom. The Morgan fingerprint density at radius 1 is 0.714 bits per heavy atom. The van der Waals surface area contributed by atoms with Gasteiger partial charge in [0.2, 0.25) is 5.91 Å². The highest BCUT2D eigenvalue weighted by Crippen LogP contribution is 2.63. The van der Waals surface area contributed by atoms with E-state index in [2.05, 4.69) is 0 Å². The van der Waals surface area contributed by atoms with E-state index in [-0.39, 0.29) is 23.5 Å². The molecule has 3 aromatic carbocycles. The van der Waals surface area contributed by atoms with Crippen molar-refractivity contribution in [1.29, 1.82) is 0 Å². The van der Waals surface area contributed by atoms with Crippen LogP contribution in [0.1, 0.15) is 55.9 Å². The van der Waals surface area contributed by atoms with E-state index in [1.807, 2.05) is 18.2 Å². The van der Waals surface area contributed by atoms with Gasteiger partial charge in [-0.3, -0.25) is 19.4 Å². The van der Waals surface area contributed by atoms with Crippen LogP contribution in [0.15, 0.2) is 78.9 Å². The van der Waals surface area contributed by atoms with E-state index < -0.39 is 40.8 Å². The Hall–Kier alpha value is -3.78. The van der Waals surface area contributed by atoms with Gasteiger partial charge in [-0.1, -0.05) is 66.7 Å². The van der Waals surface area contributed by atoms with Crippen molar-refractivity contribution in [2.45, 2.75) is 24.7 Å². The Kier molecular flexibility index (Phi) is 4.57. The number of ketones is 2. The number of hydrogen-bond donors (Lipinski definition) is 0. The lowest BCUT2D eigenvalue weighted by atomic mass is 9.66. The largest absolute Gasteiger partial charge is 0.416 e. The minimum atomic E-state index is -4.54. The predicted molar refractivity (Wildman–Crippen MR) is 119 cm³/mol. The normalized spacial score (nSPS) is 23.3. The molecule has 0 unspecified atom stereocenters. The molecule has 0 saturated carbocycles. The van der Waals surface area contributed by atoms with Crippen molar-refractivity contribution in [2.75, 3.05) is 6.54 Å². The summed E-state index contributed by atoms with van der Waals surface area (Å²) in [4.78, 5) is 41.5. The molecule has 5 nitrogen and oxygen atoms in total. The molecule has 2 saturated heterocycles. The Balaban J connectivity index is 1.63. The summed E-state index contributed by atoms with van der Waals surface area (Å²) < 4.78 is 39.8. The maximum absolute atomic E-state index is 14.2. The highest BCUT2D eigenvalue weighted by atomic mass is 19.4. The van der Waals surface area contributed by atoms with E-state index in [9.17, 15) is 27.6 Å². The second-order valence-corrected chi connectivity index (χ2v) is 9.06. The smallest absolute Gasteiger partial charge is 0.293 e. The van der Waals surface area contributed by atoms with Crippen LogP contribution in [0.2, 0.25) is 0 Å². The van der Waals surface area contributed by atoms with Crippen LogP contribution in [0, 0.1) is 5.41 Å². The number of rotatable bonds is 2. The molecule has 8 heteroatoms. The molecule has 3 aliphatic rings. The number of carbonyl (C=O) groups is 3. The number of benzene rings is 3. The van der Waals surface area contributed by atoms with Crippen LogP contribution >= 0.6 is 0 Å². The molecule has 2 fully saturated rings. The van der Waals surface area contributed by atoms with Crippen molar-refractivity contribution in [3.63, 3.8) is 0 Å². The number of alkyl halides is 3. The minimum absolute atomic E-state index is 0.186. The number of hydrogen-bond acceptors (Lipinski definition) is 4. The first-order valence-corrected chi connectivity index (χ1v) is 11.3. The lowest BCUT2D eigenvalue weighted by Gasteiger charge is -2.34. The molecule has 1 amide bonds. The van der Waals surface area contributed by atoms with Crippen LogP contribution < -0.4 is 0 Å². The molecule has 2 aliphatic heterocycles. The fraction of sp³-hybridized carbons (Fsp3) is 0.222. The number of fused-ring (bicyclic) bond motifs is 2. The van der Waals surface area contributed by atoms with Gasteiger partial charge in [0.1, 0.15) is 5.41 Å². The third kappa shape index (κ3) is 2.83. The summed E-state index contributed by atoms with van der Waals surface area (Å²) in [6.45, 7) is 0.300. The average molecular weight is 476 g/mol. The highest BCUT2D eigenvalue weighted by Gasteiger charge is 2.72. The van der Waals surface area contributed by atoms with Crippen molar-refractivity contribution < 1.29 is 27.6 Å². The Morgan fingerprint density at radius 2 is 1.26 bits per heavy atom. The first-order valence-electron chi connectivity index (χ1n) is 11.3. The van der Waals surface area contributed by atoms with E-state index in [4.69, 9.17) is 0 Å². The predicted octanol–water partition coefficient (Wildman–Crippen LogP) is 5.02. The van der Waals surface area contributed by atoms with Gasteiger partial charge in [-0.15, -0.1) is 0 Å². The number of amides is 1. The Bertz CT molecular complexity index is 1330. The molecule has 3 aromatic rings. The molecule has 0 aromatic heterocycles. The van der Waals surface area contributed by atoms with Crippen LogP contribution in [-0.4, -0.2) is 34.0 Å². The molecular formula is C27H19F3N2O3. The fourth-order valence-electron chi connectivity index (χ4n) is 5.95. The van der Waals surface area contributed by atoms with Crippen molar-refractivity contribution in [3.8, 4) is 0 Å². The van der Waals surface area contributed by atoms with Gasteiger partial charge in [0, 0.05) is 24.1 Å². The van der Waals surface area contributed by atoms with E-state index in [1.165, 1.54) is 17.1 Å². The summed E-state index contributed by atoms with van der Waals surface area (Å²) in [6.07, 6.45) is -4.35. The number of carbonyl (C=O) groups excluding carboxylic acids is 3. The molecule has 0 radical (unpaired) electrons. The van der Waals surface area contributed by atoms with Gasteiger partial charge in [-0.2, -0.15) is 13.2 Å². The summed E-state index contributed by atoms with van der Waals surface area (Å²) >= 11 is 0. The summed E-state index contributed by atoms with van der Waals surface area (Å²) in [6, 6.07) is 18.1. The van der Waals surface area contributed by atoms with Gasteiger partial charge < -0.3 is 0 Å². The van der Waals surface area contributed by atoms with Crippen LogP contribution in [0.25, 0.3) is 0 Å². The zero-order valence-corrected chi connectivity index (χ0v) is 18.3. The fourth-order valence-corrected chi connectivity index (χ4v) is 5.95. The van der Waals surface area contributed by atoms with Crippen molar-refractivity contribution in [1.82, 2.24) is 10.0 Å². The number of nitrogens with zero attached hydrogens (tertiary/aromatic N) is 2. The third-order valence-corrected chi connectivity index (χ3v) is 7.33. The quantitative estimate of drug-likeness (QED) is 0.488. The minimum Gasteiger partial charge on any atom is -0.293 e. The molecular weight excluding hydrogens is 457 g/mol. The highest BCUT2D eigenvalue weighted by molar-refractivity contribution is 6.31. The van der Waals surface area contributed by atoms with E-state index >= 15 is 0 Å². The van der Waals surface area contributed by atoms with Gasteiger partial charge in [0.25, 0.3) is 0 Å². The first-order chi connectivity index (χ1) is 16.8. The Labute approximate surface area is 198 Å². The second-order valence-electron chi connectivity index (χ2n) is 9.06. The molecule has 1 spiro atoms. The van der Waals surface area contributed by atoms with Gasteiger partial charge >= 0.3 is 6.18 Å². The van der Waals surface area contributed by atoms with Gasteiger partial charge in [-0.05, 0) is 23.3 Å². The second kappa shape index (κ2) is 7.36. The van der Waals surface area contributed by atoms with Crippen molar-refractivity contribution >= 4 is 17.5 Å². The van der Waals surface area contributed by atoms with E-state index in [1.54, 1.807) is 41.4 Å². The monoisotopic (exact) mass is 476 g/mol. The average Bonchev–Trinajstić information content (AvgIpc) is 3.45. The zero-order chi connectivity index (χ0) is 24.5. The maximum Gasteiger partial charge on any atom is 0.416 e. The lowest BCUT2D eigenvalue weighted by molar-refractivity contribution is -0.139. The summed E-state index contributed by atoms with van der Waals surface area (Å²) in [7, 11) is 0. The molecule has 2 atom stereocenters. The lowest BCUT2D eigenvalue weighted by Crippen LogP contribution is -2.44. The van der Waals surface area contributed by atoms with Crippen LogP contribution in [-0.2, 0) is 11.0 Å². The first kappa shape index (κ1) is 21.7. The summed E-state index contributed by atoms with van der Waals surface area (Å²) in [5, 5.41) is 3.18. The van der Waals surface area contributed by atoms with Crippen LogP contribution in [0.4, 0.5) is 13.2 Å². The number of Topliss-reactive ketones (excluding diaryl/α,β-unsaturated/α-hetero) is 2. The molecule has 1 aliphatic carbocycles.